The van der Waals surface area contributed by atoms with Crippen molar-refractivity contribution in [3.8, 4) is 0 Å². The third kappa shape index (κ3) is 4.17. The second kappa shape index (κ2) is 8.62. The molecule has 0 fully saturated rings. The summed E-state index contributed by atoms with van der Waals surface area (Å²) < 4.78 is 4.63. The molecule has 0 saturated heterocycles. The van der Waals surface area contributed by atoms with E-state index >= 15 is 0 Å². The van der Waals surface area contributed by atoms with E-state index in [1.165, 1.54) is 0 Å². The molecule has 0 bridgehead atoms. The molecule has 3 heteroatoms. The van der Waals surface area contributed by atoms with Crippen LogP contribution in [-0.2, 0) is 0 Å². The third-order valence-corrected chi connectivity index (χ3v) is 12.4. The summed E-state index contributed by atoms with van der Waals surface area (Å²) >= 11 is -2.14. The number of hydrogen-bond acceptors (Lipinski definition) is 2. The van der Waals surface area contributed by atoms with Crippen LogP contribution in [0.3, 0.4) is 0 Å². The van der Waals surface area contributed by atoms with Gasteiger partial charge in [0.05, 0.1) is 0 Å². The zero-order chi connectivity index (χ0) is 14.9. The van der Waals surface area contributed by atoms with Crippen LogP contribution in [0.15, 0.2) is 91.0 Å². The van der Waals surface area contributed by atoms with Gasteiger partial charge in [-0.15, -0.1) is 0 Å². The summed E-state index contributed by atoms with van der Waals surface area (Å²) in [7, 11) is 0. The van der Waals surface area contributed by atoms with Gasteiger partial charge < -0.3 is 0 Å². The minimum absolute atomic E-state index is 1.54. The topological polar surface area (TPSA) is 52.0 Å². The van der Waals surface area contributed by atoms with Crippen LogP contribution in [0.4, 0.5) is 0 Å². The summed E-state index contributed by atoms with van der Waals surface area (Å²) in [6, 6.07) is 33.0. The molecule has 0 aliphatic heterocycles. The van der Waals surface area contributed by atoms with Gasteiger partial charge in [0.15, 0.2) is 0 Å². The molecule has 0 aliphatic rings. The van der Waals surface area contributed by atoms with Gasteiger partial charge in [-0.2, -0.15) is 0 Å². The Kier molecular flexibility index (Phi) is 6.47. The molecule has 0 unspecified atom stereocenters. The molecule has 106 valence electrons. The Bertz CT molecular complexity index is 533. The Morgan fingerprint density at radius 2 is 0.667 bits per heavy atom. The zero-order valence-electron chi connectivity index (χ0n) is 11.9. The number of nitrogens with two attached hydrogens (primary N) is 2. The number of hydrazine groups is 1. The fourth-order valence-corrected chi connectivity index (χ4v) is 11.0. The standard InChI is InChI=1S/3C6H5.H4N2.Sn.H/c3*1-2-4-6-5-3-1;1-2;;/h3*1-5H;1-2H2;;. The van der Waals surface area contributed by atoms with Crippen LogP contribution in [0.25, 0.3) is 0 Å². The van der Waals surface area contributed by atoms with Crippen molar-refractivity contribution < 1.29 is 0 Å². The van der Waals surface area contributed by atoms with Crippen molar-refractivity contribution in [3.63, 3.8) is 0 Å². The molecule has 0 radical (unpaired) electrons. The first kappa shape index (κ1) is 15.8. The predicted octanol–water partition coefficient (Wildman–Crippen LogP) is 0.754. The molecule has 0 amide bonds. The van der Waals surface area contributed by atoms with Crippen molar-refractivity contribution in [1.82, 2.24) is 0 Å². The Balaban J connectivity index is 0.000000774. The van der Waals surface area contributed by atoms with E-state index in [4.69, 9.17) is 0 Å². The second-order valence-corrected chi connectivity index (χ2v) is 12.8. The number of benzene rings is 3. The monoisotopic (exact) mass is 384 g/mol. The van der Waals surface area contributed by atoms with Crippen LogP contribution >= 0.6 is 0 Å². The van der Waals surface area contributed by atoms with Crippen molar-refractivity contribution in [2.24, 2.45) is 11.7 Å². The van der Waals surface area contributed by atoms with E-state index in [9.17, 15) is 0 Å². The molecule has 3 rings (SSSR count). The first-order valence-corrected chi connectivity index (χ1v) is 11.9. The van der Waals surface area contributed by atoms with Crippen molar-refractivity contribution in [2.45, 2.75) is 0 Å². The average molecular weight is 383 g/mol. The van der Waals surface area contributed by atoms with E-state index in [2.05, 4.69) is 103 Å². The normalized spacial score (nSPS) is 9.86. The van der Waals surface area contributed by atoms with E-state index in [0.29, 0.717) is 0 Å². The molecule has 4 N–H and O–H groups in total. The van der Waals surface area contributed by atoms with Gasteiger partial charge in [0, 0.05) is 0 Å². The van der Waals surface area contributed by atoms with Gasteiger partial charge in [0.1, 0.15) is 0 Å². The van der Waals surface area contributed by atoms with Gasteiger partial charge in [0.2, 0.25) is 0 Å². The average Bonchev–Trinajstić information content (AvgIpc) is 2.60. The summed E-state index contributed by atoms with van der Waals surface area (Å²) in [5.41, 5.74) is 0. The number of hydrogen-bond donors (Lipinski definition) is 2. The van der Waals surface area contributed by atoms with Crippen LogP contribution < -0.4 is 22.4 Å². The Morgan fingerprint density at radius 3 is 0.905 bits per heavy atom. The summed E-state index contributed by atoms with van der Waals surface area (Å²) in [5, 5.41) is 0. The molecule has 0 atom stereocenters. The summed E-state index contributed by atoms with van der Waals surface area (Å²) in [6.07, 6.45) is 0. The Hall–Kier alpha value is -1.62. The van der Waals surface area contributed by atoms with Crippen molar-refractivity contribution >= 4 is 30.5 Å². The Morgan fingerprint density at radius 1 is 0.429 bits per heavy atom. The second-order valence-electron chi connectivity index (χ2n) is 4.67. The Labute approximate surface area is 133 Å². The van der Waals surface area contributed by atoms with Crippen LogP contribution in [0.2, 0.25) is 0 Å². The molecule has 0 heterocycles. The molecule has 0 spiro atoms. The van der Waals surface area contributed by atoms with E-state index in [1.807, 2.05) is 0 Å². The van der Waals surface area contributed by atoms with Crippen LogP contribution in [-0.4, -0.2) is 19.8 Å². The molecule has 3 aromatic carbocycles. The van der Waals surface area contributed by atoms with E-state index < -0.39 is 19.8 Å². The van der Waals surface area contributed by atoms with Gasteiger partial charge in [-0.3, -0.25) is 11.7 Å². The molecular weight excluding hydrogens is 363 g/mol. The van der Waals surface area contributed by atoms with Crippen molar-refractivity contribution in [3.05, 3.63) is 91.0 Å². The maximum atomic E-state index is 4.00. The molecular formula is C18H20N2Sn. The van der Waals surface area contributed by atoms with E-state index in [1.54, 1.807) is 10.7 Å². The summed E-state index contributed by atoms with van der Waals surface area (Å²) in [4.78, 5) is 0. The summed E-state index contributed by atoms with van der Waals surface area (Å²) in [6.45, 7) is 0. The maximum absolute atomic E-state index is 4.00. The van der Waals surface area contributed by atoms with E-state index in [0.717, 1.165) is 0 Å². The van der Waals surface area contributed by atoms with Crippen LogP contribution in [0.1, 0.15) is 0 Å². The fraction of sp³-hybridized carbons (Fsp3) is 0. The predicted molar refractivity (Wildman–Crippen MR) is 93.8 cm³/mol. The van der Waals surface area contributed by atoms with Gasteiger partial charge in [0.25, 0.3) is 0 Å². The third-order valence-electron chi connectivity index (χ3n) is 3.40. The first-order chi connectivity index (χ1) is 10.4. The molecule has 0 aliphatic carbocycles. The van der Waals surface area contributed by atoms with Gasteiger partial charge in [-0.1, -0.05) is 0 Å². The zero-order valence-corrected chi connectivity index (χ0v) is 15.2. The number of rotatable bonds is 3. The van der Waals surface area contributed by atoms with Crippen LogP contribution in [0.5, 0.6) is 0 Å². The van der Waals surface area contributed by atoms with Gasteiger partial charge in [-0.25, -0.2) is 0 Å². The fourth-order valence-electron chi connectivity index (χ4n) is 2.51. The van der Waals surface area contributed by atoms with Crippen LogP contribution in [0, 0.1) is 0 Å². The molecule has 21 heavy (non-hydrogen) atoms. The van der Waals surface area contributed by atoms with Crippen molar-refractivity contribution in [2.75, 3.05) is 0 Å². The quantitative estimate of drug-likeness (QED) is 0.399. The van der Waals surface area contributed by atoms with Gasteiger partial charge >= 0.3 is 121 Å². The minimum atomic E-state index is -2.14. The first-order valence-electron chi connectivity index (χ1n) is 6.93. The van der Waals surface area contributed by atoms with E-state index in [-0.39, 0.29) is 0 Å². The molecule has 3 aromatic rings. The molecule has 2 nitrogen and oxygen atoms in total. The van der Waals surface area contributed by atoms with Crippen molar-refractivity contribution in [1.29, 1.82) is 0 Å². The SMILES string of the molecule is NN.c1cc[c]([SnH]([c]2ccccc2)[c]2ccccc2)cc1. The summed E-state index contributed by atoms with van der Waals surface area (Å²) in [5.74, 6) is 8.00. The van der Waals surface area contributed by atoms with Gasteiger partial charge in [-0.05, 0) is 0 Å². The molecule has 0 saturated carbocycles. The molecule has 0 aromatic heterocycles.